The van der Waals surface area contributed by atoms with Gasteiger partial charge in [-0.05, 0) is 78.2 Å². The summed E-state index contributed by atoms with van der Waals surface area (Å²) in [5, 5.41) is 10.8. The minimum Gasteiger partial charge on any atom is -0.475 e. The average molecular weight is 497 g/mol. The number of halogens is 3. The molecule has 5 rings (SSSR count). The van der Waals surface area contributed by atoms with E-state index in [0.29, 0.717) is 12.0 Å². The highest BCUT2D eigenvalue weighted by Crippen LogP contribution is 2.49. The van der Waals surface area contributed by atoms with Crippen LogP contribution in [0, 0.1) is 6.92 Å². The van der Waals surface area contributed by atoms with Gasteiger partial charge in [-0.1, -0.05) is 6.07 Å². The van der Waals surface area contributed by atoms with Crippen LogP contribution in [-0.4, -0.2) is 54.9 Å². The number of piperidine rings is 1. The van der Waals surface area contributed by atoms with Crippen LogP contribution >= 0.6 is 23.5 Å². The Kier molecular flexibility index (Phi) is 7.21. The van der Waals surface area contributed by atoms with Crippen molar-refractivity contribution in [1.29, 1.82) is 0 Å². The third-order valence-corrected chi connectivity index (χ3v) is 8.18. The quantitative estimate of drug-likeness (QED) is 0.534. The van der Waals surface area contributed by atoms with Crippen LogP contribution in [0.4, 0.5) is 18.9 Å². The molecule has 178 valence electrons. The normalized spacial score (nSPS) is 21.4. The first-order valence-corrected chi connectivity index (χ1v) is 13.3. The number of benzene rings is 2. The van der Waals surface area contributed by atoms with Gasteiger partial charge in [0.25, 0.3) is 0 Å². The van der Waals surface area contributed by atoms with E-state index in [1.165, 1.54) is 40.3 Å². The van der Waals surface area contributed by atoms with Crippen LogP contribution in [0.25, 0.3) is 11.1 Å². The number of aryl methyl sites for hydroxylation is 1. The summed E-state index contributed by atoms with van der Waals surface area (Å²) in [6, 6.07) is 12.6. The lowest BCUT2D eigenvalue weighted by Gasteiger charge is -2.33. The fourth-order valence-corrected chi connectivity index (χ4v) is 6.44. The van der Waals surface area contributed by atoms with Gasteiger partial charge in [-0.25, -0.2) is 4.79 Å². The number of anilines is 1. The number of carboxylic acid groups (broad SMARTS) is 1. The lowest BCUT2D eigenvalue weighted by atomic mass is 9.87. The second-order valence-electron chi connectivity index (χ2n) is 8.47. The molecule has 2 aromatic carbocycles. The molecule has 1 fully saturated rings. The molecule has 0 unspecified atom stereocenters. The highest BCUT2D eigenvalue weighted by molar-refractivity contribution is 7.98. The number of hydrogen-bond donors (Lipinski definition) is 2. The van der Waals surface area contributed by atoms with Crippen molar-refractivity contribution in [3.05, 3.63) is 47.0 Å². The number of thioether (sulfide) groups is 2. The van der Waals surface area contributed by atoms with Gasteiger partial charge in [0.05, 0.1) is 0 Å². The summed E-state index contributed by atoms with van der Waals surface area (Å²) >= 11 is 3.92. The molecule has 0 aromatic heterocycles. The van der Waals surface area contributed by atoms with Crippen molar-refractivity contribution >= 4 is 35.2 Å². The number of carbonyl (C=O) groups is 1. The maximum atomic E-state index is 10.6. The first-order valence-electron chi connectivity index (χ1n) is 10.9. The van der Waals surface area contributed by atoms with Gasteiger partial charge in [-0.15, -0.1) is 11.8 Å². The van der Waals surface area contributed by atoms with E-state index in [0.717, 1.165) is 18.8 Å². The molecule has 3 aliphatic rings. The molecule has 3 aliphatic heterocycles. The van der Waals surface area contributed by atoms with Crippen molar-refractivity contribution in [3.8, 4) is 11.1 Å². The molecule has 0 radical (unpaired) electrons. The minimum absolute atomic E-state index is 0.659. The smallest absolute Gasteiger partial charge is 0.475 e. The summed E-state index contributed by atoms with van der Waals surface area (Å²) < 4.78 is 31.7. The average Bonchev–Trinajstić information content (AvgIpc) is 2.94. The van der Waals surface area contributed by atoms with Crippen LogP contribution in [0.2, 0.25) is 0 Å². The van der Waals surface area contributed by atoms with E-state index >= 15 is 0 Å². The number of hydrogen-bond acceptors (Lipinski definition) is 5. The summed E-state index contributed by atoms with van der Waals surface area (Å²) in [7, 11) is 0. The number of nitrogens with one attached hydrogen (secondary N) is 1. The molecular weight excluding hydrogens is 469 g/mol. The molecule has 4 nitrogen and oxygen atoms in total. The van der Waals surface area contributed by atoms with E-state index in [2.05, 4.69) is 65.5 Å². The Hall–Kier alpha value is -1.84. The lowest BCUT2D eigenvalue weighted by molar-refractivity contribution is -0.192. The monoisotopic (exact) mass is 496 g/mol. The molecule has 0 amide bonds. The summed E-state index contributed by atoms with van der Waals surface area (Å²) in [6.45, 7) is 5.77. The number of carboxylic acids is 1. The molecular formula is C24H27F3N2O2S2. The number of fused-ring (bicyclic) bond motifs is 3. The van der Waals surface area contributed by atoms with E-state index in [1.807, 2.05) is 11.8 Å². The van der Waals surface area contributed by atoms with Crippen molar-refractivity contribution in [2.24, 2.45) is 0 Å². The Morgan fingerprint density at radius 2 is 2.03 bits per heavy atom. The molecule has 0 spiro atoms. The van der Waals surface area contributed by atoms with Crippen molar-refractivity contribution in [2.75, 3.05) is 36.5 Å². The van der Waals surface area contributed by atoms with Gasteiger partial charge in [0.15, 0.2) is 0 Å². The standard InChI is InChI=1S/C22H26N2S2.C2HF3O2/c1-14-9-17(25-2)3-4-18(14)15-10-16-13-26-8-7-24-21-5-6-23-12-20(21)19(11-15)22(16)24;3-2(4,5)1(6)7/h3-4,9-11,20-21,23H,5-8,12-13H2,1-2H3;(H,6,7)/t20-,21-;/m0./s1. The summed E-state index contributed by atoms with van der Waals surface area (Å²) in [6.07, 6.45) is -1.65. The van der Waals surface area contributed by atoms with Gasteiger partial charge >= 0.3 is 12.1 Å². The zero-order valence-electron chi connectivity index (χ0n) is 18.5. The first kappa shape index (κ1) is 24.3. The van der Waals surface area contributed by atoms with Gasteiger partial charge in [0.1, 0.15) is 0 Å². The molecule has 3 heterocycles. The minimum atomic E-state index is -5.08. The molecule has 0 saturated carbocycles. The molecule has 0 aliphatic carbocycles. The predicted octanol–water partition coefficient (Wildman–Crippen LogP) is 5.53. The molecule has 1 saturated heterocycles. The molecule has 33 heavy (non-hydrogen) atoms. The van der Waals surface area contributed by atoms with E-state index in [4.69, 9.17) is 9.90 Å². The molecule has 0 bridgehead atoms. The van der Waals surface area contributed by atoms with Gasteiger partial charge in [-0.3, -0.25) is 0 Å². The van der Waals surface area contributed by atoms with E-state index in [9.17, 15) is 13.2 Å². The van der Waals surface area contributed by atoms with E-state index in [1.54, 1.807) is 16.8 Å². The Labute approximate surface area is 200 Å². The van der Waals surface area contributed by atoms with Crippen LogP contribution in [0.15, 0.2) is 35.2 Å². The topological polar surface area (TPSA) is 52.6 Å². The van der Waals surface area contributed by atoms with Crippen molar-refractivity contribution in [2.45, 2.75) is 42.1 Å². The highest BCUT2D eigenvalue weighted by atomic mass is 32.2. The van der Waals surface area contributed by atoms with Crippen molar-refractivity contribution in [1.82, 2.24) is 5.32 Å². The Balaban J connectivity index is 0.000000325. The van der Waals surface area contributed by atoms with Crippen LogP contribution in [0.5, 0.6) is 0 Å². The number of aliphatic carboxylic acids is 1. The predicted molar refractivity (Wildman–Crippen MR) is 130 cm³/mol. The van der Waals surface area contributed by atoms with Crippen molar-refractivity contribution in [3.63, 3.8) is 0 Å². The Morgan fingerprint density at radius 3 is 2.70 bits per heavy atom. The van der Waals surface area contributed by atoms with Gasteiger partial charge in [-0.2, -0.15) is 24.9 Å². The second kappa shape index (κ2) is 9.80. The zero-order valence-corrected chi connectivity index (χ0v) is 20.2. The summed E-state index contributed by atoms with van der Waals surface area (Å²) in [5.74, 6) is 0.307. The number of rotatable bonds is 2. The third kappa shape index (κ3) is 5.00. The van der Waals surface area contributed by atoms with Crippen LogP contribution < -0.4 is 10.2 Å². The molecule has 2 atom stereocenters. The Morgan fingerprint density at radius 1 is 1.27 bits per heavy atom. The third-order valence-electron chi connectivity index (χ3n) is 6.47. The number of alkyl halides is 3. The van der Waals surface area contributed by atoms with E-state index in [-0.39, 0.29) is 0 Å². The SMILES string of the molecule is CSc1ccc(-c2cc3c4c(c2)[C@@H]2CNCC[C@@H]2N4CCSC3)c(C)c1.O=C(O)C(F)(F)F. The molecule has 9 heteroatoms. The zero-order chi connectivity index (χ0) is 23.8. The van der Waals surface area contributed by atoms with Crippen molar-refractivity contribution < 1.29 is 23.1 Å². The van der Waals surface area contributed by atoms with Crippen LogP contribution in [0.1, 0.15) is 29.0 Å². The fourth-order valence-electron chi connectivity index (χ4n) is 5.03. The maximum Gasteiger partial charge on any atom is 0.490 e. The first-order chi connectivity index (χ1) is 15.7. The van der Waals surface area contributed by atoms with Crippen LogP contribution in [-0.2, 0) is 10.5 Å². The highest BCUT2D eigenvalue weighted by Gasteiger charge is 2.42. The number of nitrogens with zero attached hydrogens (tertiary/aromatic N) is 1. The van der Waals surface area contributed by atoms with E-state index < -0.39 is 12.1 Å². The summed E-state index contributed by atoms with van der Waals surface area (Å²) in [5.41, 5.74) is 8.94. The largest absolute Gasteiger partial charge is 0.490 e. The Bertz CT molecular complexity index is 1050. The summed E-state index contributed by atoms with van der Waals surface area (Å²) in [4.78, 5) is 13.0. The maximum absolute atomic E-state index is 10.6. The van der Waals surface area contributed by atoms with Gasteiger partial charge in [0, 0.05) is 47.1 Å². The fraction of sp³-hybridized carbons (Fsp3) is 0.458. The van der Waals surface area contributed by atoms with Gasteiger partial charge in [0.2, 0.25) is 0 Å². The molecule has 2 N–H and O–H groups in total. The van der Waals surface area contributed by atoms with Crippen LogP contribution in [0.3, 0.4) is 0 Å². The second-order valence-corrected chi connectivity index (χ2v) is 10.5. The molecule has 2 aromatic rings. The van der Waals surface area contributed by atoms with Gasteiger partial charge < -0.3 is 15.3 Å². The lowest BCUT2D eigenvalue weighted by Crippen LogP contribution is -2.44.